The predicted octanol–water partition coefficient (Wildman–Crippen LogP) is 1.78. The van der Waals surface area contributed by atoms with E-state index in [1.54, 1.807) is 25.1 Å². The van der Waals surface area contributed by atoms with Crippen LogP contribution in [0.5, 0.6) is 0 Å². The van der Waals surface area contributed by atoms with Gasteiger partial charge >= 0.3 is 5.97 Å². The molecule has 0 bridgehead atoms. The van der Waals surface area contributed by atoms with Crippen molar-refractivity contribution < 1.29 is 19.7 Å². The molecule has 0 spiro atoms. The second kappa shape index (κ2) is 5.61. The second-order valence-electron chi connectivity index (χ2n) is 4.08. The largest absolute Gasteiger partial charge is 0.464 e. The first kappa shape index (κ1) is 13.9. The van der Waals surface area contributed by atoms with E-state index < -0.39 is 18.2 Å². The van der Waals surface area contributed by atoms with Crippen molar-refractivity contribution in [3.63, 3.8) is 0 Å². The Bertz CT molecular complexity index is 595. The molecule has 0 radical (unpaired) electrons. The molecule has 0 aliphatic heterocycles. The van der Waals surface area contributed by atoms with Crippen molar-refractivity contribution in [3.8, 4) is 0 Å². The fourth-order valence-electron chi connectivity index (χ4n) is 1.89. The Labute approximate surface area is 114 Å². The van der Waals surface area contributed by atoms with Crippen LogP contribution in [0.1, 0.15) is 18.6 Å². The maximum atomic E-state index is 11.4. The third kappa shape index (κ3) is 2.73. The van der Waals surface area contributed by atoms with Crippen LogP contribution < -0.4 is 0 Å². The number of benzene rings is 1. The Morgan fingerprint density at radius 2 is 2.21 bits per heavy atom. The minimum absolute atomic E-state index is 0.145. The van der Waals surface area contributed by atoms with Crippen molar-refractivity contribution >= 4 is 28.5 Å². The topological polar surface area (TPSA) is 82.6 Å². The van der Waals surface area contributed by atoms with Gasteiger partial charge in [-0.2, -0.15) is 0 Å². The fourth-order valence-corrected chi connectivity index (χ4v) is 2.06. The van der Waals surface area contributed by atoms with Gasteiger partial charge in [0.15, 0.2) is 6.10 Å². The molecule has 19 heavy (non-hydrogen) atoms. The van der Waals surface area contributed by atoms with Crippen molar-refractivity contribution in [1.29, 1.82) is 0 Å². The Morgan fingerprint density at radius 1 is 1.47 bits per heavy atom. The van der Waals surface area contributed by atoms with Gasteiger partial charge in [0.25, 0.3) is 0 Å². The normalized spacial score (nSPS) is 14.3. The van der Waals surface area contributed by atoms with Gasteiger partial charge in [-0.25, -0.2) is 4.79 Å². The number of nitrogens with one attached hydrogen (secondary N) is 1. The van der Waals surface area contributed by atoms with Crippen LogP contribution in [-0.2, 0) is 9.53 Å². The maximum Gasteiger partial charge on any atom is 0.338 e. The van der Waals surface area contributed by atoms with E-state index in [4.69, 9.17) is 11.6 Å². The van der Waals surface area contributed by atoms with Gasteiger partial charge in [0.1, 0.15) is 6.10 Å². The van der Waals surface area contributed by atoms with Gasteiger partial charge < -0.3 is 19.9 Å². The molecule has 0 amide bonds. The fraction of sp³-hybridized carbons (Fsp3) is 0.308. The second-order valence-corrected chi connectivity index (χ2v) is 4.51. The lowest BCUT2D eigenvalue weighted by molar-refractivity contribution is -0.159. The van der Waals surface area contributed by atoms with Crippen molar-refractivity contribution in [2.75, 3.05) is 6.61 Å². The molecule has 0 saturated carbocycles. The highest BCUT2D eigenvalue weighted by atomic mass is 35.5. The van der Waals surface area contributed by atoms with Gasteiger partial charge in [0, 0.05) is 27.7 Å². The van der Waals surface area contributed by atoms with E-state index >= 15 is 0 Å². The number of carbonyl (C=O) groups excluding carboxylic acids is 1. The van der Waals surface area contributed by atoms with Crippen LogP contribution in [0.25, 0.3) is 10.9 Å². The molecule has 0 fully saturated rings. The number of aliphatic hydroxyl groups is 2. The number of aromatic nitrogens is 1. The first-order chi connectivity index (χ1) is 9.04. The zero-order valence-electron chi connectivity index (χ0n) is 10.3. The molecular weight excluding hydrogens is 270 g/mol. The lowest BCUT2D eigenvalue weighted by Gasteiger charge is -2.15. The van der Waals surface area contributed by atoms with E-state index in [0.717, 1.165) is 5.52 Å². The molecule has 1 aromatic carbocycles. The number of fused-ring (bicyclic) bond motifs is 1. The monoisotopic (exact) mass is 283 g/mol. The molecule has 3 N–H and O–H groups in total. The zero-order chi connectivity index (χ0) is 14.0. The molecule has 5 nitrogen and oxygen atoms in total. The summed E-state index contributed by atoms with van der Waals surface area (Å²) in [5, 5.41) is 21.0. The van der Waals surface area contributed by atoms with Crippen LogP contribution in [0.4, 0.5) is 0 Å². The Balaban J connectivity index is 2.31. The van der Waals surface area contributed by atoms with E-state index in [1.807, 2.05) is 0 Å². The molecular formula is C13H14ClNO4. The first-order valence-electron chi connectivity index (χ1n) is 5.84. The Hall–Kier alpha value is -1.56. The molecule has 0 saturated heterocycles. The maximum absolute atomic E-state index is 11.4. The number of H-pyrrole nitrogens is 1. The molecule has 2 atom stereocenters. The van der Waals surface area contributed by atoms with Crippen LogP contribution in [0, 0.1) is 0 Å². The number of carbonyl (C=O) groups is 1. The van der Waals surface area contributed by atoms with Gasteiger partial charge in [-0.1, -0.05) is 17.7 Å². The molecule has 102 valence electrons. The van der Waals surface area contributed by atoms with Gasteiger partial charge in [-0.05, 0) is 19.1 Å². The molecule has 2 unspecified atom stereocenters. The number of rotatable bonds is 4. The van der Waals surface area contributed by atoms with Crippen molar-refractivity contribution in [2.24, 2.45) is 0 Å². The Morgan fingerprint density at radius 3 is 2.89 bits per heavy atom. The van der Waals surface area contributed by atoms with Crippen LogP contribution in [-0.4, -0.2) is 33.9 Å². The summed E-state index contributed by atoms with van der Waals surface area (Å²) in [5.41, 5.74) is 1.14. The van der Waals surface area contributed by atoms with E-state index in [2.05, 4.69) is 9.72 Å². The first-order valence-corrected chi connectivity index (χ1v) is 6.21. The number of hydrogen-bond donors (Lipinski definition) is 3. The van der Waals surface area contributed by atoms with Crippen LogP contribution in [0.3, 0.4) is 0 Å². The third-order valence-electron chi connectivity index (χ3n) is 2.82. The average Bonchev–Trinajstić information content (AvgIpc) is 2.80. The molecule has 1 heterocycles. The lowest BCUT2D eigenvalue weighted by atomic mass is 10.0. The lowest BCUT2D eigenvalue weighted by Crippen LogP contribution is -2.29. The molecule has 0 aliphatic rings. The average molecular weight is 284 g/mol. The Kier molecular flexibility index (Phi) is 4.09. The highest BCUT2D eigenvalue weighted by molar-refractivity contribution is 6.31. The molecule has 2 aromatic rings. The molecule has 6 heteroatoms. The minimum atomic E-state index is -1.62. The van der Waals surface area contributed by atoms with Crippen molar-refractivity contribution in [3.05, 3.63) is 35.0 Å². The predicted molar refractivity (Wildman–Crippen MR) is 70.9 cm³/mol. The standard InChI is InChI=1S/C13H14ClNO4/c1-2-19-13(18)12(17)11(16)9-6-15-10-5-7(14)3-4-8(9)10/h3-6,11-12,15-17H,2H2,1H3. The number of halogens is 1. The van der Waals surface area contributed by atoms with Gasteiger partial charge in [-0.3, -0.25) is 0 Å². The summed E-state index contributed by atoms with van der Waals surface area (Å²) in [5.74, 6) is -0.849. The van der Waals surface area contributed by atoms with Crippen molar-refractivity contribution in [1.82, 2.24) is 4.98 Å². The van der Waals surface area contributed by atoms with E-state index in [-0.39, 0.29) is 6.61 Å². The summed E-state index contributed by atoms with van der Waals surface area (Å²) in [6.45, 7) is 1.77. The zero-order valence-corrected chi connectivity index (χ0v) is 11.0. The smallest absolute Gasteiger partial charge is 0.338 e. The van der Waals surface area contributed by atoms with E-state index in [1.165, 1.54) is 6.20 Å². The van der Waals surface area contributed by atoms with Crippen LogP contribution >= 0.6 is 11.6 Å². The van der Waals surface area contributed by atoms with Crippen LogP contribution in [0.2, 0.25) is 5.02 Å². The highest BCUT2D eigenvalue weighted by Crippen LogP contribution is 2.28. The van der Waals surface area contributed by atoms with Gasteiger partial charge in [0.2, 0.25) is 0 Å². The van der Waals surface area contributed by atoms with E-state index in [9.17, 15) is 15.0 Å². The van der Waals surface area contributed by atoms with Crippen LogP contribution in [0.15, 0.2) is 24.4 Å². The molecule has 2 rings (SSSR count). The summed E-state index contributed by atoms with van der Waals surface area (Å²) in [6.07, 6.45) is -1.43. The van der Waals surface area contributed by atoms with Gasteiger partial charge in [-0.15, -0.1) is 0 Å². The summed E-state index contributed by atoms with van der Waals surface area (Å²) >= 11 is 5.86. The van der Waals surface area contributed by atoms with Crippen molar-refractivity contribution in [2.45, 2.75) is 19.1 Å². The minimum Gasteiger partial charge on any atom is -0.464 e. The van der Waals surface area contributed by atoms with Gasteiger partial charge in [0.05, 0.1) is 6.61 Å². The number of ether oxygens (including phenoxy) is 1. The molecule has 0 aliphatic carbocycles. The summed E-state index contributed by atoms with van der Waals surface area (Å²) < 4.78 is 4.67. The quantitative estimate of drug-likeness (QED) is 0.747. The SMILES string of the molecule is CCOC(=O)C(O)C(O)c1c[nH]c2cc(Cl)ccc12. The summed E-state index contributed by atoms with van der Waals surface area (Å²) in [6, 6.07) is 5.08. The van der Waals surface area contributed by atoms with E-state index in [0.29, 0.717) is 16.0 Å². The third-order valence-corrected chi connectivity index (χ3v) is 3.06. The number of aliphatic hydroxyl groups excluding tert-OH is 2. The summed E-state index contributed by atoms with van der Waals surface area (Å²) in [4.78, 5) is 14.3. The molecule has 1 aromatic heterocycles. The number of esters is 1. The highest BCUT2D eigenvalue weighted by Gasteiger charge is 2.28. The number of hydrogen-bond acceptors (Lipinski definition) is 4. The summed E-state index contributed by atoms with van der Waals surface area (Å²) in [7, 11) is 0. The number of aromatic amines is 1.